The minimum Gasteiger partial charge on any atom is -0.368 e. The number of nitrogens with zero attached hydrogens (tertiary/aromatic N) is 1. The molecule has 1 N–H and O–H groups in total. The molecule has 3 atom stereocenters. The first kappa shape index (κ1) is 16.8. The summed E-state index contributed by atoms with van der Waals surface area (Å²) in [5, 5.41) is 12.2. The lowest BCUT2D eigenvalue weighted by Gasteiger charge is -2.42. The summed E-state index contributed by atoms with van der Waals surface area (Å²) in [5.41, 5.74) is 3.57. The van der Waals surface area contributed by atoms with E-state index < -0.39 is 5.60 Å². The molecule has 0 spiro atoms. The third kappa shape index (κ3) is 3.11. The molecule has 1 saturated heterocycles. The summed E-state index contributed by atoms with van der Waals surface area (Å²) in [6.07, 6.45) is 1.76. The Balaban J connectivity index is 1.39. The van der Waals surface area contributed by atoms with Gasteiger partial charge in [0, 0.05) is 12.3 Å². The topological polar surface area (TPSA) is 62.1 Å². The normalized spacial score (nSPS) is 26.5. The van der Waals surface area contributed by atoms with Crippen molar-refractivity contribution in [2.45, 2.75) is 31.3 Å². The summed E-state index contributed by atoms with van der Waals surface area (Å²) in [6, 6.07) is 18.1. The van der Waals surface area contributed by atoms with Gasteiger partial charge in [0.15, 0.2) is 0 Å². The number of hydrogen-bond donors (Lipinski definition) is 1. The van der Waals surface area contributed by atoms with Crippen molar-refractivity contribution in [1.29, 1.82) is 5.26 Å². The van der Waals surface area contributed by atoms with Crippen LogP contribution in [0.2, 0.25) is 0 Å². The Bertz CT molecular complexity index is 862. The minimum atomic E-state index is -0.489. The Labute approximate surface area is 153 Å². The van der Waals surface area contributed by atoms with Crippen molar-refractivity contribution in [2.75, 3.05) is 13.2 Å². The molecule has 1 aliphatic heterocycles. The molecule has 2 aromatic carbocycles. The number of carbonyl (C=O) groups excluding carboxylic acids is 1. The molecule has 0 unspecified atom stereocenters. The lowest BCUT2D eigenvalue weighted by atomic mass is 9.85. The molecule has 2 aromatic rings. The van der Waals surface area contributed by atoms with Gasteiger partial charge in [0.25, 0.3) is 0 Å². The molecule has 4 heteroatoms. The fraction of sp³-hybridized carbons (Fsp3) is 0.364. The molecule has 0 radical (unpaired) electrons. The maximum absolute atomic E-state index is 12.6. The largest absolute Gasteiger partial charge is 0.368 e. The van der Waals surface area contributed by atoms with Gasteiger partial charge < -0.3 is 10.1 Å². The quantitative estimate of drug-likeness (QED) is 0.902. The molecular formula is C22H22N2O2. The third-order valence-electron chi connectivity index (χ3n) is 5.58. The molecule has 2 aliphatic rings. The first-order valence-electron chi connectivity index (χ1n) is 9.10. The second-order valence-corrected chi connectivity index (χ2v) is 7.36. The van der Waals surface area contributed by atoms with Crippen molar-refractivity contribution in [3.05, 3.63) is 70.8 Å². The SMILES string of the molecule is Cc1ccc([C@H]2C[C@@H]2C(=O)NC[C@@]2(c3cccc(C#N)c3)CCO2)cc1. The fourth-order valence-electron chi connectivity index (χ4n) is 3.72. The molecule has 132 valence electrons. The van der Waals surface area contributed by atoms with Crippen molar-refractivity contribution >= 4 is 5.91 Å². The molecule has 1 saturated carbocycles. The van der Waals surface area contributed by atoms with Crippen LogP contribution in [0.1, 0.15) is 41.0 Å². The molecule has 2 fully saturated rings. The molecule has 1 amide bonds. The smallest absolute Gasteiger partial charge is 0.223 e. The first-order chi connectivity index (χ1) is 12.6. The third-order valence-corrected chi connectivity index (χ3v) is 5.58. The van der Waals surface area contributed by atoms with E-state index in [2.05, 4.69) is 42.6 Å². The summed E-state index contributed by atoms with van der Waals surface area (Å²) in [7, 11) is 0. The molecular weight excluding hydrogens is 324 g/mol. The molecule has 26 heavy (non-hydrogen) atoms. The van der Waals surface area contributed by atoms with Crippen LogP contribution in [0.15, 0.2) is 48.5 Å². The summed E-state index contributed by atoms with van der Waals surface area (Å²) in [4.78, 5) is 12.6. The van der Waals surface area contributed by atoms with Gasteiger partial charge in [-0.3, -0.25) is 4.79 Å². The molecule has 1 aliphatic carbocycles. The summed E-state index contributed by atoms with van der Waals surface area (Å²) < 4.78 is 5.85. The number of nitriles is 1. The van der Waals surface area contributed by atoms with Gasteiger partial charge in [-0.25, -0.2) is 0 Å². The maximum Gasteiger partial charge on any atom is 0.223 e. The van der Waals surface area contributed by atoms with Crippen molar-refractivity contribution in [2.24, 2.45) is 5.92 Å². The highest BCUT2D eigenvalue weighted by Crippen LogP contribution is 2.47. The highest BCUT2D eigenvalue weighted by molar-refractivity contribution is 5.83. The molecule has 0 bridgehead atoms. The Hall–Kier alpha value is -2.64. The van der Waals surface area contributed by atoms with Crippen LogP contribution in [-0.2, 0) is 15.1 Å². The van der Waals surface area contributed by atoms with Crippen molar-refractivity contribution in [3.63, 3.8) is 0 Å². The molecule has 1 heterocycles. The van der Waals surface area contributed by atoms with Crippen LogP contribution in [0.5, 0.6) is 0 Å². The zero-order valence-electron chi connectivity index (χ0n) is 14.9. The Kier molecular flexibility index (Phi) is 4.26. The first-order valence-corrected chi connectivity index (χ1v) is 9.10. The van der Waals surface area contributed by atoms with Crippen LogP contribution in [0.25, 0.3) is 0 Å². The van der Waals surface area contributed by atoms with E-state index in [0.29, 0.717) is 24.6 Å². The van der Waals surface area contributed by atoms with Gasteiger partial charge in [0.05, 0.1) is 24.8 Å². The lowest BCUT2D eigenvalue weighted by Crippen LogP contribution is -2.50. The molecule has 0 aromatic heterocycles. The van der Waals surface area contributed by atoms with Crippen molar-refractivity contribution in [1.82, 2.24) is 5.32 Å². The van der Waals surface area contributed by atoms with Crippen molar-refractivity contribution in [3.8, 4) is 6.07 Å². The van der Waals surface area contributed by atoms with Crippen LogP contribution in [0.3, 0.4) is 0 Å². The Morgan fingerprint density at radius 3 is 2.73 bits per heavy atom. The lowest BCUT2D eigenvalue weighted by molar-refractivity contribution is -0.155. The van der Waals surface area contributed by atoms with E-state index >= 15 is 0 Å². The summed E-state index contributed by atoms with van der Waals surface area (Å²) in [5.74, 6) is 0.484. The van der Waals surface area contributed by atoms with E-state index in [-0.39, 0.29) is 11.8 Å². The number of aryl methyl sites for hydroxylation is 1. The van der Waals surface area contributed by atoms with Gasteiger partial charge in [0.2, 0.25) is 5.91 Å². The van der Waals surface area contributed by atoms with Crippen LogP contribution in [0, 0.1) is 24.2 Å². The van der Waals surface area contributed by atoms with Crippen LogP contribution >= 0.6 is 0 Å². The maximum atomic E-state index is 12.6. The zero-order chi connectivity index (χ0) is 18.1. The average molecular weight is 346 g/mol. The van der Waals surface area contributed by atoms with E-state index in [1.165, 1.54) is 11.1 Å². The standard InChI is InChI=1S/C22H22N2O2/c1-15-5-7-17(8-6-15)19-12-20(19)21(25)24-14-22(9-10-26-22)18-4-2-3-16(11-18)13-23/h2-8,11,19-20H,9-10,12,14H2,1H3,(H,24,25)/t19-,20+,22-/m1/s1. The molecule has 4 rings (SSSR count). The Morgan fingerprint density at radius 2 is 2.08 bits per heavy atom. The Morgan fingerprint density at radius 1 is 1.31 bits per heavy atom. The van der Waals surface area contributed by atoms with E-state index in [4.69, 9.17) is 10.00 Å². The van der Waals surface area contributed by atoms with Gasteiger partial charge in [-0.1, -0.05) is 42.0 Å². The predicted octanol–water partition coefficient (Wildman–Crippen LogP) is 3.40. The highest BCUT2D eigenvalue weighted by Gasteiger charge is 2.46. The summed E-state index contributed by atoms with van der Waals surface area (Å²) in [6.45, 7) is 3.21. The zero-order valence-corrected chi connectivity index (χ0v) is 14.9. The van der Waals surface area contributed by atoms with Gasteiger partial charge in [-0.2, -0.15) is 5.26 Å². The van der Waals surface area contributed by atoms with E-state index in [1.54, 1.807) is 6.07 Å². The summed E-state index contributed by atoms with van der Waals surface area (Å²) >= 11 is 0. The second kappa shape index (κ2) is 6.59. The number of hydrogen-bond acceptors (Lipinski definition) is 3. The van der Waals surface area contributed by atoms with Crippen molar-refractivity contribution < 1.29 is 9.53 Å². The van der Waals surface area contributed by atoms with Crippen LogP contribution < -0.4 is 5.32 Å². The van der Waals surface area contributed by atoms with Gasteiger partial charge in [-0.05, 0) is 42.5 Å². The predicted molar refractivity (Wildman–Crippen MR) is 98.4 cm³/mol. The van der Waals surface area contributed by atoms with E-state index in [1.807, 2.05) is 18.2 Å². The monoisotopic (exact) mass is 346 g/mol. The van der Waals surface area contributed by atoms with E-state index in [0.717, 1.165) is 18.4 Å². The highest BCUT2D eigenvalue weighted by atomic mass is 16.5. The number of nitrogens with one attached hydrogen (secondary N) is 1. The number of carbonyl (C=O) groups is 1. The second-order valence-electron chi connectivity index (χ2n) is 7.36. The fourth-order valence-corrected chi connectivity index (χ4v) is 3.72. The van der Waals surface area contributed by atoms with Crippen LogP contribution in [-0.4, -0.2) is 19.1 Å². The van der Waals surface area contributed by atoms with Gasteiger partial charge >= 0.3 is 0 Å². The molecule has 4 nitrogen and oxygen atoms in total. The van der Waals surface area contributed by atoms with Gasteiger partial charge in [-0.15, -0.1) is 0 Å². The van der Waals surface area contributed by atoms with Gasteiger partial charge in [0.1, 0.15) is 5.60 Å². The number of benzene rings is 2. The number of rotatable bonds is 5. The number of amides is 1. The minimum absolute atomic E-state index is 0.0558. The number of ether oxygens (including phenoxy) is 1. The van der Waals surface area contributed by atoms with E-state index in [9.17, 15) is 4.79 Å². The van der Waals surface area contributed by atoms with Crippen LogP contribution in [0.4, 0.5) is 0 Å². The average Bonchev–Trinajstić information content (AvgIpc) is 3.42.